The van der Waals surface area contributed by atoms with E-state index < -0.39 is 0 Å². The Hall–Kier alpha value is -1.82. The summed E-state index contributed by atoms with van der Waals surface area (Å²) in [6, 6.07) is 7.95. The molecule has 0 aliphatic carbocycles. The van der Waals surface area contributed by atoms with Gasteiger partial charge in [0, 0.05) is 25.0 Å². The lowest BCUT2D eigenvalue weighted by Gasteiger charge is -2.19. The van der Waals surface area contributed by atoms with Crippen molar-refractivity contribution in [3.05, 3.63) is 24.3 Å². The van der Waals surface area contributed by atoms with Crippen LogP contribution in [0.25, 0.3) is 10.9 Å². The Balaban J connectivity index is 1.83. The molecule has 0 spiro atoms. The number of anilines is 1. The number of benzene rings is 1. The molecule has 1 aliphatic rings. The molecule has 1 aliphatic heterocycles. The minimum absolute atomic E-state index is 0.163. The van der Waals surface area contributed by atoms with Crippen molar-refractivity contribution in [3.8, 4) is 0 Å². The van der Waals surface area contributed by atoms with E-state index in [-0.39, 0.29) is 11.2 Å². The van der Waals surface area contributed by atoms with E-state index in [2.05, 4.69) is 15.3 Å². The Morgan fingerprint density at radius 3 is 2.78 bits per heavy atom. The quantitative estimate of drug-likeness (QED) is 0.674. The Kier molecular flexibility index (Phi) is 5.00. The molecule has 0 radical (unpaired) electrons. The maximum absolute atomic E-state index is 12.5. The fourth-order valence-electron chi connectivity index (χ4n) is 2.81. The van der Waals surface area contributed by atoms with Crippen molar-refractivity contribution in [2.75, 3.05) is 25.0 Å². The zero-order chi connectivity index (χ0) is 16.2. The van der Waals surface area contributed by atoms with Crippen LogP contribution in [0.1, 0.15) is 26.7 Å². The predicted octanol–water partition coefficient (Wildman–Crippen LogP) is 3.16. The summed E-state index contributed by atoms with van der Waals surface area (Å²) in [6.45, 7) is 6.54. The van der Waals surface area contributed by atoms with Gasteiger partial charge in [0.15, 0.2) is 5.16 Å². The lowest BCUT2D eigenvalue weighted by molar-refractivity contribution is -0.129. The molecule has 1 N–H and O–H groups in total. The van der Waals surface area contributed by atoms with Gasteiger partial charge in [-0.2, -0.15) is 0 Å². The van der Waals surface area contributed by atoms with Crippen molar-refractivity contribution in [1.82, 2.24) is 14.9 Å². The monoisotopic (exact) mass is 330 g/mol. The number of carbonyl (C=O) groups is 1. The SMILES string of the molecule is CCNc1nc(S[C@H](C)C(=O)N2CCCC2)nc2ccccc12. The standard InChI is InChI=1S/C17H22N4OS/c1-3-18-15-13-8-4-5-9-14(13)19-17(20-15)23-12(2)16(22)21-10-6-7-11-21/h4-5,8-9,12H,3,6-7,10-11H2,1-2H3,(H,18,19,20)/t12-/m1/s1. The van der Waals surface area contributed by atoms with Gasteiger partial charge in [0.25, 0.3) is 0 Å². The minimum atomic E-state index is -0.163. The number of thioether (sulfide) groups is 1. The fourth-order valence-corrected chi connectivity index (χ4v) is 3.67. The molecular formula is C17H22N4OS. The van der Waals surface area contributed by atoms with Crippen LogP contribution in [-0.4, -0.2) is 45.7 Å². The molecule has 3 rings (SSSR count). The summed E-state index contributed by atoms with van der Waals surface area (Å²) in [5.74, 6) is 1.02. The van der Waals surface area contributed by atoms with Crippen LogP contribution >= 0.6 is 11.8 Å². The van der Waals surface area contributed by atoms with E-state index in [1.54, 1.807) is 0 Å². The second-order valence-corrected chi connectivity index (χ2v) is 7.00. The molecule has 1 atom stereocenters. The summed E-state index contributed by atoms with van der Waals surface area (Å²) in [4.78, 5) is 23.6. The number of aromatic nitrogens is 2. The van der Waals surface area contributed by atoms with Crippen molar-refractivity contribution < 1.29 is 4.79 Å². The van der Waals surface area contributed by atoms with Crippen molar-refractivity contribution >= 4 is 34.4 Å². The lowest BCUT2D eigenvalue weighted by atomic mass is 10.2. The number of hydrogen-bond acceptors (Lipinski definition) is 5. The summed E-state index contributed by atoms with van der Waals surface area (Å²) < 4.78 is 0. The van der Waals surface area contributed by atoms with Gasteiger partial charge in [-0.25, -0.2) is 9.97 Å². The van der Waals surface area contributed by atoms with Gasteiger partial charge in [-0.05, 0) is 38.8 Å². The summed E-state index contributed by atoms with van der Waals surface area (Å²) in [6.07, 6.45) is 2.22. The van der Waals surface area contributed by atoms with Crippen LogP contribution < -0.4 is 5.32 Å². The zero-order valence-corrected chi connectivity index (χ0v) is 14.4. The van der Waals surface area contributed by atoms with Crippen LogP contribution in [0, 0.1) is 0 Å². The second-order valence-electron chi connectivity index (χ2n) is 5.69. The molecule has 2 aromatic rings. The third kappa shape index (κ3) is 3.58. The number of nitrogens with zero attached hydrogens (tertiary/aromatic N) is 3. The molecule has 1 fully saturated rings. The van der Waals surface area contributed by atoms with Crippen LogP contribution in [0.3, 0.4) is 0 Å². The predicted molar refractivity (Wildman–Crippen MR) is 94.8 cm³/mol. The van der Waals surface area contributed by atoms with Gasteiger partial charge in [0.2, 0.25) is 5.91 Å². The van der Waals surface area contributed by atoms with E-state index in [0.717, 1.165) is 49.2 Å². The lowest BCUT2D eigenvalue weighted by Crippen LogP contribution is -2.34. The van der Waals surface area contributed by atoms with Gasteiger partial charge >= 0.3 is 0 Å². The molecule has 0 unspecified atom stereocenters. The van der Waals surface area contributed by atoms with Crippen molar-refractivity contribution in [2.24, 2.45) is 0 Å². The maximum Gasteiger partial charge on any atom is 0.235 e. The van der Waals surface area contributed by atoms with Gasteiger partial charge in [-0.15, -0.1) is 0 Å². The topological polar surface area (TPSA) is 58.1 Å². The molecule has 23 heavy (non-hydrogen) atoms. The Morgan fingerprint density at radius 1 is 1.30 bits per heavy atom. The summed E-state index contributed by atoms with van der Waals surface area (Å²) in [7, 11) is 0. The number of amides is 1. The van der Waals surface area contributed by atoms with Crippen LogP contribution in [0.15, 0.2) is 29.4 Å². The fraction of sp³-hybridized carbons (Fsp3) is 0.471. The highest BCUT2D eigenvalue weighted by atomic mass is 32.2. The number of nitrogens with one attached hydrogen (secondary N) is 1. The van der Waals surface area contributed by atoms with Gasteiger partial charge in [0.1, 0.15) is 5.82 Å². The van der Waals surface area contributed by atoms with E-state index in [1.165, 1.54) is 11.8 Å². The first-order chi connectivity index (χ1) is 11.2. The number of hydrogen-bond donors (Lipinski definition) is 1. The van der Waals surface area contributed by atoms with E-state index in [4.69, 9.17) is 0 Å². The van der Waals surface area contributed by atoms with Crippen LogP contribution in [-0.2, 0) is 4.79 Å². The summed E-state index contributed by atoms with van der Waals surface area (Å²) >= 11 is 1.44. The van der Waals surface area contributed by atoms with E-state index in [0.29, 0.717) is 5.16 Å². The Bertz CT molecular complexity index is 700. The maximum atomic E-state index is 12.5. The van der Waals surface area contributed by atoms with Gasteiger partial charge < -0.3 is 10.2 Å². The molecule has 1 amide bonds. The molecule has 122 valence electrons. The Morgan fingerprint density at radius 2 is 2.04 bits per heavy atom. The highest BCUT2D eigenvalue weighted by Crippen LogP contribution is 2.27. The first-order valence-corrected chi connectivity index (χ1v) is 9.03. The van der Waals surface area contributed by atoms with E-state index in [9.17, 15) is 4.79 Å². The molecule has 1 aromatic carbocycles. The van der Waals surface area contributed by atoms with Crippen molar-refractivity contribution in [1.29, 1.82) is 0 Å². The van der Waals surface area contributed by atoms with Crippen LogP contribution in [0.2, 0.25) is 0 Å². The van der Waals surface area contributed by atoms with Crippen LogP contribution in [0.5, 0.6) is 0 Å². The molecule has 0 saturated carbocycles. The second kappa shape index (κ2) is 7.17. The Labute approximate surface area is 140 Å². The number of para-hydroxylation sites is 1. The van der Waals surface area contributed by atoms with E-state index >= 15 is 0 Å². The highest BCUT2D eigenvalue weighted by Gasteiger charge is 2.25. The van der Waals surface area contributed by atoms with Crippen molar-refractivity contribution in [3.63, 3.8) is 0 Å². The zero-order valence-electron chi connectivity index (χ0n) is 13.6. The number of likely N-dealkylation sites (tertiary alicyclic amines) is 1. The average Bonchev–Trinajstić information content (AvgIpc) is 3.09. The summed E-state index contributed by atoms with van der Waals surface area (Å²) in [5, 5.41) is 4.79. The number of rotatable bonds is 5. The molecule has 1 saturated heterocycles. The molecule has 6 heteroatoms. The first kappa shape index (κ1) is 16.1. The molecule has 5 nitrogen and oxygen atoms in total. The molecule has 1 aromatic heterocycles. The van der Waals surface area contributed by atoms with E-state index in [1.807, 2.05) is 43.0 Å². The minimum Gasteiger partial charge on any atom is -0.370 e. The summed E-state index contributed by atoms with van der Waals surface area (Å²) in [5.41, 5.74) is 0.904. The van der Waals surface area contributed by atoms with Gasteiger partial charge in [0.05, 0.1) is 10.8 Å². The average molecular weight is 330 g/mol. The van der Waals surface area contributed by atoms with Crippen LogP contribution in [0.4, 0.5) is 5.82 Å². The molecule has 2 heterocycles. The number of fused-ring (bicyclic) bond motifs is 1. The largest absolute Gasteiger partial charge is 0.370 e. The highest BCUT2D eigenvalue weighted by molar-refractivity contribution is 8.00. The molecule has 0 bridgehead atoms. The third-order valence-electron chi connectivity index (χ3n) is 3.97. The normalized spacial score (nSPS) is 15.8. The first-order valence-electron chi connectivity index (χ1n) is 8.15. The third-order valence-corrected chi connectivity index (χ3v) is 4.92. The smallest absolute Gasteiger partial charge is 0.235 e. The number of carbonyl (C=O) groups excluding carboxylic acids is 1. The van der Waals surface area contributed by atoms with Gasteiger partial charge in [-0.1, -0.05) is 23.9 Å². The van der Waals surface area contributed by atoms with Gasteiger partial charge in [-0.3, -0.25) is 4.79 Å². The van der Waals surface area contributed by atoms with Crippen molar-refractivity contribution in [2.45, 2.75) is 37.1 Å². The molecular weight excluding hydrogens is 308 g/mol.